The van der Waals surface area contributed by atoms with Gasteiger partial charge in [-0.3, -0.25) is 15.1 Å². The van der Waals surface area contributed by atoms with E-state index in [2.05, 4.69) is 25.9 Å². The van der Waals surface area contributed by atoms with Crippen LogP contribution >= 0.6 is 0 Å². The van der Waals surface area contributed by atoms with Gasteiger partial charge in [-0.05, 0) is 45.7 Å². The quantitative estimate of drug-likeness (QED) is 0.216. The Morgan fingerprint density at radius 3 is 2.35 bits per heavy atom. The Hall–Kier alpha value is -4.96. The number of piperidine rings is 1. The monoisotopic (exact) mass is 672 g/mol. The number of rotatable bonds is 6. The van der Waals surface area contributed by atoms with E-state index in [0.717, 1.165) is 18.2 Å². The van der Waals surface area contributed by atoms with Crippen LogP contribution in [0.3, 0.4) is 0 Å². The number of fused-ring (bicyclic) bond motifs is 1. The Bertz CT molecular complexity index is 1750. The maximum absolute atomic E-state index is 15.4. The van der Waals surface area contributed by atoms with Crippen molar-refractivity contribution in [3.8, 4) is 11.3 Å². The van der Waals surface area contributed by atoms with Crippen LogP contribution < -0.4 is 20.9 Å². The number of benzene rings is 1. The van der Waals surface area contributed by atoms with E-state index < -0.39 is 88.0 Å². The second kappa shape index (κ2) is 13.3. The minimum atomic E-state index is -1.34. The highest BCUT2D eigenvalue weighted by atomic mass is 19.1. The molecule has 0 bridgehead atoms. The molecule has 3 amide bonds. The number of anilines is 3. The third-order valence-electron chi connectivity index (χ3n) is 7.99. The van der Waals surface area contributed by atoms with Crippen LogP contribution in [0.2, 0.25) is 0 Å². The normalized spacial score (nSPS) is 20.6. The largest absolute Gasteiger partial charge is 0.465 e. The molecule has 1 unspecified atom stereocenters. The van der Waals surface area contributed by atoms with Crippen LogP contribution in [0.4, 0.5) is 39.8 Å². The van der Waals surface area contributed by atoms with E-state index in [4.69, 9.17) is 4.74 Å². The van der Waals surface area contributed by atoms with E-state index in [1.54, 1.807) is 32.6 Å². The number of aliphatic hydroxyl groups is 2. The van der Waals surface area contributed by atoms with Crippen LogP contribution in [-0.2, 0) is 11.2 Å². The molecule has 2 aliphatic rings. The number of halogens is 3. The summed E-state index contributed by atoms with van der Waals surface area (Å²) in [6, 6.07) is 2.65. The smallest absolute Gasteiger partial charge is 0.412 e. The Kier molecular flexibility index (Phi) is 9.51. The first-order chi connectivity index (χ1) is 22.5. The lowest BCUT2D eigenvalue weighted by Crippen LogP contribution is -2.58. The van der Waals surface area contributed by atoms with E-state index in [1.807, 2.05) is 0 Å². The summed E-state index contributed by atoms with van der Waals surface area (Å²) in [6.45, 7) is 6.69. The molecular weight excluding hydrogens is 637 g/mol. The van der Waals surface area contributed by atoms with Gasteiger partial charge in [0.1, 0.15) is 22.9 Å². The van der Waals surface area contributed by atoms with Gasteiger partial charge in [-0.15, -0.1) is 0 Å². The lowest BCUT2D eigenvalue weighted by atomic mass is 9.91. The number of aliphatic hydroxyl groups excluding tert-OH is 2. The van der Waals surface area contributed by atoms with Gasteiger partial charge < -0.3 is 35.6 Å². The number of nitrogens with one attached hydrogen (secondary N) is 3. The summed E-state index contributed by atoms with van der Waals surface area (Å²) in [7, 11) is 0. The fraction of sp³-hybridized carbons (Fsp3) is 0.406. The molecule has 1 aliphatic carbocycles. The van der Waals surface area contributed by atoms with Gasteiger partial charge in [0.25, 0.3) is 5.91 Å². The molecule has 1 aliphatic heterocycles. The molecule has 0 radical (unpaired) electrons. The van der Waals surface area contributed by atoms with Crippen molar-refractivity contribution in [2.45, 2.75) is 64.4 Å². The molecule has 1 saturated heterocycles. The highest BCUT2D eigenvalue weighted by molar-refractivity contribution is 6.10. The van der Waals surface area contributed by atoms with Crippen molar-refractivity contribution >= 4 is 35.2 Å². The van der Waals surface area contributed by atoms with Crippen molar-refractivity contribution in [1.82, 2.24) is 15.3 Å². The lowest BCUT2D eigenvalue weighted by molar-refractivity contribution is 0.0633. The van der Waals surface area contributed by atoms with Crippen molar-refractivity contribution < 1.29 is 47.6 Å². The number of hydrogen-bond acceptors (Lipinski definition) is 9. The number of aromatic nitrogens is 2. The van der Waals surface area contributed by atoms with Gasteiger partial charge in [0, 0.05) is 30.6 Å². The number of carboxylic acid groups (broad SMARTS) is 1. The van der Waals surface area contributed by atoms with Crippen LogP contribution in [0.15, 0.2) is 30.5 Å². The molecule has 5 rings (SSSR count). The summed E-state index contributed by atoms with van der Waals surface area (Å²) in [5.41, 5.74) is -2.33. The Labute approximate surface area is 273 Å². The predicted octanol–water partition coefficient (Wildman–Crippen LogP) is 4.59. The highest BCUT2D eigenvalue weighted by Gasteiger charge is 2.38. The molecule has 2 aromatic heterocycles. The van der Waals surface area contributed by atoms with Crippen LogP contribution in [-0.4, -0.2) is 74.2 Å². The standard InChI is InChI=1S/C32H35F3N6O7/c1-14-12-41(13-21(28(14)43)38-30(45)46)27-15-8-9-22(42)24(15)36-11-20(27)37-29(44)26-19(39-31(47)48-32(2,3)4)10-18(35)25(40-26)23-16(33)6-5-7-17(23)34/h5-7,10-11,14,21-22,28,38,42-43H,8-9,12-13H2,1-4H3,(H,37,44)(H,39,47)(H,45,46)/t14-,21+,22?,28-/m0/s1. The fourth-order valence-corrected chi connectivity index (χ4v) is 5.96. The summed E-state index contributed by atoms with van der Waals surface area (Å²) in [5.74, 6) is -5.00. The minimum absolute atomic E-state index is 0.00974. The number of hydrogen-bond donors (Lipinski definition) is 6. The SMILES string of the molecule is C[C@H]1CN(c2c(NC(=O)c3nc(-c4c(F)cccc4F)c(F)cc3NC(=O)OC(C)(C)C)cnc3c2CCC3O)C[C@@H](NC(=O)O)[C@H]1O. The van der Waals surface area contributed by atoms with E-state index >= 15 is 4.39 Å². The molecule has 0 saturated carbocycles. The second-order valence-electron chi connectivity index (χ2n) is 12.8. The van der Waals surface area contributed by atoms with Crippen molar-refractivity contribution in [2.75, 3.05) is 28.6 Å². The Morgan fingerprint density at radius 1 is 1.02 bits per heavy atom. The average Bonchev–Trinajstić information content (AvgIpc) is 3.35. The molecule has 0 spiro atoms. The molecule has 13 nitrogen and oxygen atoms in total. The molecule has 4 atom stereocenters. The van der Waals surface area contributed by atoms with Crippen LogP contribution in [0.5, 0.6) is 0 Å². The molecule has 1 fully saturated rings. The first kappa shape index (κ1) is 34.4. The number of carbonyl (C=O) groups is 3. The molecular formula is C32H35F3N6O7. The summed E-state index contributed by atoms with van der Waals surface area (Å²) >= 11 is 0. The first-order valence-electron chi connectivity index (χ1n) is 15.1. The van der Waals surface area contributed by atoms with Gasteiger partial charge in [-0.25, -0.2) is 27.7 Å². The molecule has 1 aromatic carbocycles. The van der Waals surface area contributed by atoms with Gasteiger partial charge >= 0.3 is 12.2 Å². The van der Waals surface area contributed by atoms with E-state index in [1.165, 1.54) is 6.20 Å². The Morgan fingerprint density at radius 2 is 1.71 bits per heavy atom. The fourth-order valence-electron chi connectivity index (χ4n) is 5.96. The van der Waals surface area contributed by atoms with E-state index in [0.29, 0.717) is 35.9 Å². The first-order valence-corrected chi connectivity index (χ1v) is 15.1. The third-order valence-corrected chi connectivity index (χ3v) is 7.99. The molecule has 3 heterocycles. The van der Waals surface area contributed by atoms with Gasteiger partial charge in [-0.2, -0.15) is 0 Å². The third kappa shape index (κ3) is 7.13. The molecule has 6 N–H and O–H groups in total. The zero-order chi connectivity index (χ0) is 35.1. The van der Waals surface area contributed by atoms with Gasteiger partial charge in [0.2, 0.25) is 0 Å². The number of pyridine rings is 2. The zero-order valence-corrected chi connectivity index (χ0v) is 26.5. The topological polar surface area (TPSA) is 186 Å². The lowest BCUT2D eigenvalue weighted by Gasteiger charge is -2.42. The van der Waals surface area contributed by atoms with Crippen molar-refractivity contribution in [2.24, 2.45) is 5.92 Å². The van der Waals surface area contributed by atoms with E-state index in [9.17, 15) is 38.5 Å². The highest BCUT2D eigenvalue weighted by Crippen LogP contribution is 2.42. The molecule has 16 heteroatoms. The number of carbonyl (C=O) groups excluding carboxylic acids is 2. The van der Waals surface area contributed by atoms with Crippen LogP contribution in [0.25, 0.3) is 11.3 Å². The zero-order valence-electron chi connectivity index (χ0n) is 26.5. The maximum Gasteiger partial charge on any atom is 0.412 e. The number of ether oxygens (including phenoxy) is 1. The average molecular weight is 673 g/mol. The number of nitrogens with zero attached hydrogens (tertiary/aromatic N) is 3. The Balaban J connectivity index is 1.60. The summed E-state index contributed by atoms with van der Waals surface area (Å²) in [5, 5.41) is 37.9. The molecule has 256 valence electrons. The van der Waals surface area contributed by atoms with Crippen molar-refractivity contribution in [3.63, 3.8) is 0 Å². The predicted molar refractivity (Wildman–Crippen MR) is 167 cm³/mol. The van der Waals surface area contributed by atoms with Crippen LogP contribution in [0.1, 0.15) is 62.0 Å². The second-order valence-corrected chi connectivity index (χ2v) is 12.8. The summed E-state index contributed by atoms with van der Waals surface area (Å²) < 4.78 is 50.2. The van der Waals surface area contributed by atoms with E-state index in [-0.39, 0.29) is 18.8 Å². The number of amides is 3. The van der Waals surface area contributed by atoms with Crippen LogP contribution in [0, 0.1) is 23.4 Å². The summed E-state index contributed by atoms with van der Waals surface area (Å²) in [4.78, 5) is 48.2. The van der Waals surface area contributed by atoms with Gasteiger partial charge in [0.05, 0.1) is 52.8 Å². The summed E-state index contributed by atoms with van der Waals surface area (Å²) in [6.07, 6.45) is -2.36. The van der Waals surface area contributed by atoms with Crippen molar-refractivity contribution in [3.05, 3.63) is 64.9 Å². The molecule has 48 heavy (non-hydrogen) atoms. The van der Waals surface area contributed by atoms with Crippen molar-refractivity contribution in [1.29, 1.82) is 0 Å². The van der Waals surface area contributed by atoms with Gasteiger partial charge in [-0.1, -0.05) is 13.0 Å². The minimum Gasteiger partial charge on any atom is -0.465 e. The van der Waals surface area contributed by atoms with Gasteiger partial charge in [0.15, 0.2) is 11.5 Å². The maximum atomic E-state index is 15.4. The molecule has 3 aromatic rings.